The van der Waals surface area contributed by atoms with Crippen LogP contribution < -0.4 is 0 Å². The van der Waals surface area contributed by atoms with Gasteiger partial charge in [-0.2, -0.15) is 0 Å². The van der Waals surface area contributed by atoms with Crippen molar-refractivity contribution in [3.63, 3.8) is 0 Å². The van der Waals surface area contributed by atoms with Crippen molar-refractivity contribution in [2.75, 3.05) is 26.2 Å². The Morgan fingerprint density at radius 2 is 1.72 bits per heavy atom. The number of likely N-dealkylation sites (tertiary alicyclic amines) is 1. The van der Waals surface area contributed by atoms with Crippen LogP contribution in [-0.4, -0.2) is 47.7 Å². The van der Waals surface area contributed by atoms with Crippen LogP contribution in [0.5, 0.6) is 0 Å². The summed E-state index contributed by atoms with van der Waals surface area (Å²) in [6.07, 6.45) is 5.54. The number of rotatable bonds is 6. The van der Waals surface area contributed by atoms with Crippen molar-refractivity contribution in [2.24, 2.45) is 5.92 Å². The predicted molar refractivity (Wildman–Crippen MR) is 129 cm³/mol. The van der Waals surface area contributed by atoms with Gasteiger partial charge in [0.05, 0.1) is 0 Å². The van der Waals surface area contributed by atoms with Crippen LogP contribution in [0.3, 0.4) is 0 Å². The molecule has 0 aromatic heterocycles. The number of fused-ring (bicyclic) bond motifs is 1. The molecule has 0 unspecified atom stereocenters. The molecule has 2 aliphatic rings. The van der Waals surface area contributed by atoms with E-state index in [0.717, 1.165) is 75.4 Å². The molecule has 2 aromatic carbocycles. The van der Waals surface area contributed by atoms with Gasteiger partial charge in [0.1, 0.15) is 0 Å². The molecule has 0 aliphatic carbocycles. The highest BCUT2D eigenvalue weighted by Gasteiger charge is 2.22. The molecule has 4 nitrogen and oxygen atoms in total. The van der Waals surface area contributed by atoms with Crippen molar-refractivity contribution in [1.29, 1.82) is 0 Å². The zero-order valence-corrected chi connectivity index (χ0v) is 19.7. The van der Waals surface area contributed by atoms with Gasteiger partial charge < -0.3 is 4.90 Å². The van der Waals surface area contributed by atoms with Gasteiger partial charge in [0.2, 0.25) is 5.91 Å². The standard InChI is InChI=1S/C27H33ClN2O2/c1-20(31)30-15-9-21(10-16-30)5-8-27(32)25-7-6-23-11-13-29(14-12-24(23)18-25)19-22-3-2-4-26(28)17-22/h2-4,6-7,17-18,21H,5,8-16,19H2,1H3. The molecule has 2 heterocycles. The van der Waals surface area contributed by atoms with E-state index in [-0.39, 0.29) is 11.7 Å². The number of halogens is 1. The molecular formula is C27H33ClN2O2. The average molecular weight is 453 g/mol. The van der Waals surface area contributed by atoms with E-state index in [2.05, 4.69) is 23.1 Å². The maximum Gasteiger partial charge on any atom is 0.219 e. The molecule has 0 saturated carbocycles. The molecule has 0 N–H and O–H groups in total. The number of amides is 1. The van der Waals surface area contributed by atoms with Crippen LogP contribution in [0.25, 0.3) is 0 Å². The minimum absolute atomic E-state index is 0.163. The summed E-state index contributed by atoms with van der Waals surface area (Å²) in [5.74, 6) is 0.966. The molecule has 2 aliphatic heterocycles. The molecule has 5 heteroatoms. The summed E-state index contributed by atoms with van der Waals surface area (Å²) in [4.78, 5) is 28.8. The number of ketones is 1. The Hall–Kier alpha value is -2.17. The lowest BCUT2D eigenvalue weighted by Crippen LogP contribution is -2.37. The number of Topliss-reactive ketones (excluding diaryl/α,β-unsaturated/α-hetero) is 1. The zero-order valence-electron chi connectivity index (χ0n) is 19.0. The van der Waals surface area contributed by atoms with Crippen LogP contribution in [0.15, 0.2) is 42.5 Å². The van der Waals surface area contributed by atoms with E-state index in [1.165, 1.54) is 16.7 Å². The fourth-order valence-electron chi connectivity index (χ4n) is 5.01. The number of carbonyl (C=O) groups is 2. The van der Waals surface area contributed by atoms with Gasteiger partial charge in [-0.1, -0.05) is 35.9 Å². The minimum atomic E-state index is 0.163. The summed E-state index contributed by atoms with van der Waals surface area (Å²) in [5.41, 5.74) is 4.78. The number of carbonyl (C=O) groups excluding carboxylic acids is 2. The summed E-state index contributed by atoms with van der Waals surface area (Å²) < 4.78 is 0. The number of hydrogen-bond acceptors (Lipinski definition) is 3. The Balaban J connectivity index is 1.30. The lowest BCUT2D eigenvalue weighted by molar-refractivity contribution is -0.130. The zero-order chi connectivity index (χ0) is 22.5. The van der Waals surface area contributed by atoms with Gasteiger partial charge in [-0.05, 0) is 72.9 Å². The summed E-state index contributed by atoms with van der Waals surface area (Å²) in [6, 6.07) is 14.4. The van der Waals surface area contributed by atoms with Gasteiger partial charge >= 0.3 is 0 Å². The molecule has 0 radical (unpaired) electrons. The van der Waals surface area contributed by atoms with Gasteiger partial charge in [0.25, 0.3) is 0 Å². The van der Waals surface area contributed by atoms with Gasteiger partial charge in [0.15, 0.2) is 5.78 Å². The second-order valence-corrected chi connectivity index (χ2v) is 9.74. The molecular weight excluding hydrogens is 420 g/mol. The normalized spacial score (nSPS) is 17.6. The molecule has 0 atom stereocenters. The van der Waals surface area contributed by atoms with E-state index in [0.29, 0.717) is 12.3 Å². The Morgan fingerprint density at radius 3 is 2.44 bits per heavy atom. The highest BCUT2D eigenvalue weighted by Crippen LogP contribution is 2.25. The van der Waals surface area contributed by atoms with Crippen molar-refractivity contribution in [1.82, 2.24) is 9.80 Å². The second kappa shape index (κ2) is 10.6. The maximum absolute atomic E-state index is 12.9. The van der Waals surface area contributed by atoms with Crippen LogP contribution in [0.1, 0.15) is 59.7 Å². The second-order valence-electron chi connectivity index (χ2n) is 9.30. The molecule has 170 valence electrons. The van der Waals surface area contributed by atoms with Gasteiger partial charge in [-0.3, -0.25) is 14.5 Å². The smallest absolute Gasteiger partial charge is 0.219 e. The molecule has 4 rings (SSSR count). The number of nitrogens with zero attached hydrogens (tertiary/aromatic N) is 2. The first-order valence-corrected chi connectivity index (χ1v) is 12.2. The Labute approximate surface area is 196 Å². The first kappa shape index (κ1) is 23.0. The Morgan fingerprint density at radius 1 is 0.969 bits per heavy atom. The summed E-state index contributed by atoms with van der Waals surface area (Å²) in [7, 11) is 0. The lowest BCUT2D eigenvalue weighted by Gasteiger charge is -2.31. The largest absolute Gasteiger partial charge is 0.343 e. The third kappa shape index (κ3) is 5.99. The molecule has 1 saturated heterocycles. The third-order valence-electron chi connectivity index (χ3n) is 7.06. The Bertz CT molecular complexity index is 966. The molecule has 1 fully saturated rings. The highest BCUT2D eigenvalue weighted by molar-refractivity contribution is 6.30. The van der Waals surface area contributed by atoms with E-state index in [4.69, 9.17) is 11.6 Å². The van der Waals surface area contributed by atoms with Gasteiger partial charge in [-0.25, -0.2) is 0 Å². The van der Waals surface area contributed by atoms with Gasteiger partial charge in [0, 0.05) is 56.7 Å². The first-order chi connectivity index (χ1) is 15.5. The topological polar surface area (TPSA) is 40.6 Å². The number of benzene rings is 2. The fraction of sp³-hybridized carbons (Fsp3) is 0.481. The average Bonchev–Trinajstić information content (AvgIpc) is 2.99. The van der Waals surface area contributed by atoms with E-state index in [1.54, 1.807) is 6.92 Å². The van der Waals surface area contributed by atoms with Gasteiger partial charge in [-0.15, -0.1) is 0 Å². The molecule has 0 bridgehead atoms. The maximum atomic E-state index is 12.9. The van der Waals surface area contributed by atoms with Crippen LogP contribution >= 0.6 is 11.6 Å². The van der Waals surface area contributed by atoms with Crippen molar-refractivity contribution in [3.05, 3.63) is 69.7 Å². The number of piperidine rings is 1. The first-order valence-electron chi connectivity index (χ1n) is 11.9. The molecule has 32 heavy (non-hydrogen) atoms. The SMILES string of the molecule is CC(=O)N1CCC(CCC(=O)c2ccc3c(c2)CCN(Cc2cccc(Cl)c2)CC3)CC1. The molecule has 1 amide bonds. The van der Waals surface area contributed by atoms with Crippen LogP contribution in [0, 0.1) is 5.92 Å². The van der Waals surface area contributed by atoms with Crippen molar-refractivity contribution in [3.8, 4) is 0 Å². The van der Waals surface area contributed by atoms with Crippen molar-refractivity contribution < 1.29 is 9.59 Å². The predicted octanol–water partition coefficient (Wildman–Crippen LogP) is 5.16. The number of hydrogen-bond donors (Lipinski definition) is 0. The summed E-state index contributed by atoms with van der Waals surface area (Å²) in [6.45, 7) is 6.22. The quantitative estimate of drug-likeness (QED) is 0.568. The van der Waals surface area contributed by atoms with E-state index in [9.17, 15) is 9.59 Å². The third-order valence-corrected chi connectivity index (χ3v) is 7.29. The van der Waals surface area contributed by atoms with Crippen molar-refractivity contribution in [2.45, 2.75) is 52.0 Å². The summed E-state index contributed by atoms with van der Waals surface area (Å²) in [5, 5.41) is 0.785. The Kier molecular flexibility index (Phi) is 7.64. The van der Waals surface area contributed by atoms with E-state index >= 15 is 0 Å². The minimum Gasteiger partial charge on any atom is -0.343 e. The van der Waals surface area contributed by atoms with Crippen LogP contribution in [0.4, 0.5) is 0 Å². The van der Waals surface area contributed by atoms with Crippen LogP contribution in [0.2, 0.25) is 5.02 Å². The molecule has 0 spiro atoms. The monoisotopic (exact) mass is 452 g/mol. The van der Waals surface area contributed by atoms with E-state index < -0.39 is 0 Å². The highest BCUT2D eigenvalue weighted by atomic mass is 35.5. The fourth-order valence-corrected chi connectivity index (χ4v) is 5.23. The van der Waals surface area contributed by atoms with E-state index in [1.807, 2.05) is 29.2 Å². The molecule has 2 aromatic rings. The lowest BCUT2D eigenvalue weighted by atomic mass is 9.89. The summed E-state index contributed by atoms with van der Waals surface area (Å²) >= 11 is 6.14. The van der Waals surface area contributed by atoms with Crippen molar-refractivity contribution >= 4 is 23.3 Å². The van der Waals surface area contributed by atoms with Crippen LogP contribution in [-0.2, 0) is 24.2 Å².